The molecule has 0 aromatic rings. The number of isothiocyanates is 1. The first-order chi connectivity index (χ1) is 8.77. The van der Waals surface area contributed by atoms with Gasteiger partial charge in [0.1, 0.15) is 0 Å². The smallest absolute Gasteiger partial charge is 0.0543 e. The average molecular weight is 267 g/mol. The van der Waals surface area contributed by atoms with Crippen molar-refractivity contribution in [2.75, 3.05) is 0 Å². The van der Waals surface area contributed by atoms with Gasteiger partial charge in [0.15, 0.2) is 0 Å². The van der Waals surface area contributed by atoms with Crippen molar-refractivity contribution in [2.24, 2.45) is 4.99 Å². The second-order valence-corrected chi connectivity index (χ2v) is 8.47. The van der Waals surface area contributed by atoms with Crippen molar-refractivity contribution in [1.82, 2.24) is 0 Å². The highest BCUT2D eigenvalue weighted by molar-refractivity contribution is 8.15. The summed E-state index contributed by atoms with van der Waals surface area (Å²) in [6.45, 7) is 4.35. The Labute approximate surface area is 115 Å². The van der Waals surface area contributed by atoms with Crippen LogP contribution in [0.3, 0.4) is 0 Å². The molecule has 0 aliphatic heterocycles. The minimum Gasteiger partial charge on any atom is -0.234 e. The summed E-state index contributed by atoms with van der Waals surface area (Å²) in [5, 5.41) is 5.45. The Kier molecular flexibility index (Phi) is 5.98. The van der Waals surface area contributed by atoms with Gasteiger partial charge in [-0.2, -0.15) is 0 Å². The van der Waals surface area contributed by atoms with E-state index in [-0.39, 0.29) is 0 Å². The van der Waals surface area contributed by atoms with Crippen molar-refractivity contribution in [2.45, 2.75) is 94.6 Å². The van der Waals surface area contributed by atoms with Gasteiger partial charge in [0.05, 0.1) is 6.04 Å². The van der Waals surface area contributed by atoms with Gasteiger partial charge < -0.3 is 0 Å². The quantitative estimate of drug-likeness (QED) is 0.490. The van der Waals surface area contributed by atoms with E-state index in [1.807, 2.05) is 0 Å². The van der Waals surface area contributed by atoms with Crippen LogP contribution in [-0.4, -0.2) is 21.7 Å². The molecule has 2 aliphatic carbocycles. The van der Waals surface area contributed by atoms with Gasteiger partial charge in [-0.05, 0) is 39.5 Å². The highest BCUT2D eigenvalue weighted by Gasteiger charge is 2.25. The lowest BCUT2D eigenvalue weighted by Gasteiger charge is -2.31. The predicted molar refractivity (Wildman–Crippen MR) is 83.9 cm³/mol. The van der Waals surface area contributed by atoms with Gasteiger partial charge >= 0.3 is 0 Å². The van der Waals surface area contributed by atoms with Crippen molar-refractivity contribution in [3.05, 3.63) is 0 Å². The van der Waals surface area contributed by atoms with Gasteiger partial charge in [0.2, 0.25) is 0 Å². The Bertz CT molecular complexity index is 283. The van der Waals surface area contributed by atoms with E-state index in [4.69, 9.17) is 0 Å². The molecular formula is C16H29NS. The van der Waals surface area contributed by atoms with Crippen molar-refractivity contribution in [1.29, 1.82) is 0 Å². The fourth-order valence-electron chi connectivity index (χ4n) is 3.23. The maximum atomic E-state index is 4.64. The minimum absolute atomic E-state index is 0.365. The largest absolute Gasteiger partial charge is 0.234 e. The molecule has 0 radical (unpaired) electrons. The molecule has 0 N–H and O–H groups in total. The first-order valence-corrected chi connectivity index (χ1v) is 9.30. The molecule has 104 valence electrons. The molecule has 2 heteroatoms. The van der Waals surface area contributed by atoms with Crippen molar-refractivity contribution in [3.63, 3.8) is 0 Å². The summed E-state index contributed by atoms with van der Waals surface area (Å²) in [6, 6.07) is 0.423. The van der Waals surface area contributed by atoms with Gasteiger partial charge in [-0.1, -0.05) is 38.5 Å². The molecule has 0 amide bonds. The number of rotatable bonds is 3. The first kappa shape index (κ1) is 14.3. The molecule has 0 unspecified atom stereocenters. The second-order valence-electron chi connectivity index (χ2n) is 6.21. The molecule has 0 spiro atoms. The Hall–Kier alpha value is -0.0700. The highest BCUT2D eigenvalue weighted by atomic mass is 32.2. The monoisotopic (exact) mass is 267 g/mol. The zero-order chi connectivity index (χ0) is 12.8. The van der Waals surface area contributed by atoms with Crippen LogP contribution in [0.25, 0.3) is 0 Å². The van der Waals surface area contributed by atoms with E-state index >= 15 is 0 Å². The fraction of sp³-hybridized carbons (Fsp3) is 0.938. The Morgan fingerprint density at radius 3 is 1.67 bits per heavy atom. The number of hydrogen-bond donors (Lipinski definition) is 0. The molecule has 0 saturated heterocycles. The predicted octanol–water partition coefficient (Wildman–Crippen LogP) is 5.23. The van der Waals surface area contributed by atoms with Crippen LogP contribution >= 0.6 is 10.5 Å². The second kappa shape index (κ2) is 7.50. The molecule has 0 bridgehead atoms. The molecule has 1 nitrogen and oxygen atoms in total. The maximum absolute atomic E-state index is 4.64. The van der Waals surface area contributed by atoms with E-state index in [1.165, 1.54) is 64.2 Å². The Balaban J connectivity index is 2.13. The summed E-state index contributed by atoms with van der Waals surface area (Å²) in [5.74, 6) is 0. The van der Waals surface area contributed by atoms with Crippen LogP contribution in [0.4, 0.5) is 0 Å². The molecule has 0 aromatic heterocycles. The number of hydrogen-bond acceptors (Lipinski definition) is 1. The zero-order valence-corrected chi connectivity index (χ0v) is 13.0. The average Bonchev–Trinajstić information content (AvgIpc) is 2.41. The highest BCUT2D eigenvalue weighted by Crippen LogP contribution is 2.41. The van der Waals surface area contributed by atoms with Gasteiger partial charge in [0.25, 0.3) is 0 Å². The van der Waals surface area contributed by atoms with Gasteiger partial charge in [0, 0.05) is 15.7 Å². The zero-order valence-electron chi connectivity index (χ0n) is 12.2. The lowest BCUT2D eigenvalue weighted by atomic mass is 10.00. The van der Waals surface area contributed by atoms with Crippen LogP contribution < -0.4 is 0 Å². The Morgan fingerprint density at radius 2 is 1.28 bits per heavy atom. The van der Waals surface area contributed by atoms with E-state index in [0.717, 1.165) is 10.5 Å². The Morgan fingerprint density at radius 1 is 0.833 bits per heavy atom. The van der Waals surface area contributed by atoms with Crippen LogP contribution in [0.1, 0.15) is 78.1 Å². The molecule has 2 saturated carbocycles. The van der Waals surface area contributed by atoms with Crippen molar-refractivity contribution in [3.8, 4) is 0 Å². The maximum Gasteiger partial charge on any atom is 0.0543 e. The summed E-state index contributed by atoms with van der Waals surface area (Å²) in [7, 11) is 0.365. The lowest BCUT2D eigenvalue weighted by Crippen LogP contribution is -2.19. The molecular weight excluding hydrogens is 238 g/mol. The van der Waals surface area contributed by atoms with Crippen LogP contribution in [0.2, 0.25) is 0 Å². The minimum atomic E-state index is 0.365. The standard InChI is InChI=1S/C16H29NS/c1-14(2)17-13-18(15-9-5-3-6-10-15)16-11-7-4-8-12-16/h14-16H,3-12H2,1-2H3. The molecule has 2 rings (SSSR count). The summed E-state index contributed by atoms with van der Waals surface area (Å²) in [5.41, 5.74) is 0. The first-order valence-electron chi connectivity index (χ1n) is 7.95. The molecule has 0 aromatic carbocycles. The van der Waals surface area contributed by atoms with E-state index in [2.05, 4.69) is 24.0 Å². The third-order valence-corrected chi connectivity index (χ3v) is 6.93. The van der Waals surface area contributed by atoms with Gasteiger partial charge in [-0.25, -0.2) is 4.99 Å². The van der Waals surface area contributed by atoms with Crippen LogP contribution in [-0.2, 0) is 0 Å². The molecule has 2 aliphatic rings. The molecule has 0 atom stereocenters. The van der Waals surface area contributed by atoms with E-state index < -0.39 is 0 Å². The number of aliphatic imine (C=N–C) groups is 1. The van der Waals surface area contributed by atoms with E-state index in [9.17, 15) is 0 Å². The van der Waals surface area contributed by atoms with Gasteiger partial charge in [-0.15, -0.1) is 10.5 Å². The normalized spacial score (nSPS) is 23.3. The third-order valence-electron chi connectivity index (χ3n) is 4.24. The third kappa shape index (κ3) is 4.24. The van der Waals surface area contributed by atoms with E-state index in [1.54, 1.807) is 0 Å². The summed E-state index contributed by atoms with van der Waals surface area (Å²) in [6.07, 6.45) is 14.5. The lowest BCUT2D eigenvalue weighted by molar-refractivity contribution is 0.494. The van der Waals surface area contributed by atoms with Crippen molar-refractivity contribution >= 4 is 15.6 Å². The van der Waals surface area contributed by atoms with Gasteiger partial charge in [-0.3, -0.25) is 0 Å². The topological polar surface area (TPSA) is 12.4 Å². The SMILES string of the molecule is CC(C)N=C=S(C1CCCCC1)C1CCCCC1. The van der Waals surface area contributed by atoms with Crippen molar-refractivity contribution < 1.29 is 0 Å². The summed E-state index contributed by atoms with van der Waals surface area (Å²) >= 11 is 0. The van der Waals surface area contributed by atoms with Crippen LogP contribution in [0.5, 0.6) is 0 Å². The van der Waals surface area contributed by atoms with Crippen LogP contribution in [0.15, 0.2) is 4.99 Å². The molecule has 18 heavy (non-hydrogen) atoms. The molecule has 2 fully saturated rings. The summed E-state index contributed by atoms with van der Waals surface area (Å²) < 4.78 is 0. The molecule has 0 heterocycles. The number of nitrogens with zero attached hydrogens (tertiary/aromatic N) is 1. The summed E-state index contributed by atoms with van der Waals surface area (Å²) in [4.78, 5) is 4.64. The van der Waals surface area contributed by atoms with Crippen LogP contribution in [0, 0.1) is 0 Å². The van der Waals surface area contributed by atoms with E-state index in [0.29, 0.717) is 16.5 Å². The fourth-order valence-corrected chi connectivity index (χ4v) is 6.08.